The fourth-order valence-electron chi connectivity index (χ4n) is 1.20. The van der Waals surface area contributed by atoms with Gasteiger partial charge in [0.2, 0.25) is 0 Å². The van der Waals surface area contributed by atoms with E-state index in [9.17, 15) is 0 Å². The number of hydrogen-bond acceptors (Lipinski definition) is 1. The molecule has 70 valence electrons. The molecule has 1 heteroatoms. The Morgan fingerprint density at radius 2 is 1.64 bits per heavy atom. The van der Waals surface area contributed by atoms with E-state index in [4.69, 9.17) is 6.11 Å². The molecule has 0 heterocycles. The minimum atomic E-state index is 0.424. The Morgan fingerprint density at radius 3 is 2.43 bits per heavy atom. The quantitative estimate of drug-likeness (QED) is 0.713. The lowest BCUT2D eigenvalue weighted by molar-refractivity contribution is 0.306. The average molecular weight is 185 g/mol. The Bertz CT molecular complexity index is 426. The fraction of sp³-hybridized carbons (Fsp3) is 0.0769. The van der Waals surface area contributed by atoms with E-state index in [-0.39, 0.29) is 0 Å². The van der Waals surface area contributed by atoms with E-state index >= 15 is 0 Å². The second-order valence-corrected chi connectivity index (χ2v) is 3.00. The van der Waals surface area contributed by atoms with Crippen LogP contribution in [0.15, 0.2) is 60.6 Å². The largest absolute Gasteiger partial charge is 0.489 e. The minimum Gasteiger partial charge on any atom is -0.489 e. The van der Waals surface area contributed by atoms with Crippen LogP contribution in [0.1, 0.15) is 6.93 Å². The fourth-order valence-corrected chi connectivity index (χ4v) is 1.20. The summed E-state index contributed by atoms with van der Waals surface area (Å²) in [5, 5.41) is 0. The van der Waals surface area contributed by atoms with Gasteiger partial charge < -0.3 is 4.74 Å². The molecule has 0 saturated heterocycles. The van der Waals surface area contributed by atoms with Crippen LogP contribution in [-0.2, 0) is 6.61 Å². The van der Waals surface area contributed by atoms with E-state index in [0.717, 1.165) is 5.56 Å². The van der Waals surface area contributed by atoms with Gasteiger partial charge in [0.05, 0.1) is 1.37 Å². The number of para-hydroxylation sites is 1. The van der Waals surface area contributed by atoms with Crippen LogP contribution in [0.3, 0.4) is 0 Å². The molecule has 0 aliphatic heterocycles. The van der Waals surface area contributed by atoms with Crippen molar-refractivity contribution in [2.45, 2.75) is 6.61 Å². The summed E-state index contributed by atoms with van der Waals surface area (Å²) in [7, 11) is 0. The molecule has 0 aliphatic rings. The lowest BCUT2D eigenvalue weighted by Crippen LogP contribution is -1.94. The first kappa shape index (κ1) is 7.63. The SMILES string of the molecule is [2H]c1ccccc1OCc1ccccc1. The molecule has 2 aromatic rings. The normalized spacial score (nSPS) is 10.7. The molecule has 2 aromatic carbocycles. The highest BCUT2D eigenvalue weighted by molar-refractivity contribution is 5.22. The summed E-state index contributed by atoms with van der Waals surface area (Å²) in [6.07, 6.45) is 0. The molecule has 2 rings (SSSR count). The topological polar surface area (TPSA) is 9.23 Å². The molecular weight excluding hydrogens is 172 g/mol. The number of benzene rings is 2. The molecule has 0 aromatic heterocycles. The molecule has 0 N–H and O–H groups in total. The maximum atomic E-state index is 7.61. The van der Waals surface area contributed by atoms with Crippen LogP contribution in [0.25, 0.3) is 0 Å². The second-order valence-electron chi connectivity index (χ2n) is 3.00. The van der Waals surface area contributed by atoms with Gasteiger partial charge in [-0.2, -0.15) is 0 Å². The molecule has 0 spiro atoms. The summed E-state index contributed by atoms with van der Waals surface area (Å²) in [5.74, 6) is 0.626. The number of hydrogen-bond donors (Lipinski definition) is 0. The zero-order chi connectivity index (χ0) is 10.5. The van der Waals surface area contributed by atoms with Crippen molar-refractivity contribution in [1.29, 1.82) is 0 Å². The van der Waals surface area contributed by atoms with Crippen molar-refractivity contribution >= 4 is 0 Å². The Morgan fingerprint density at radius 1 is 0.929 bits per heavy atom. The van der Waals surface area contributed by atoms with Crippen molar-refractivity contribution in [2.24, 2.45) is 0 Å². The average Bonchev–Trinajstić information content (AvgIpc) is 2.29. The lowest BCUT2D eigenvalue weighted by atomic mass is 10.2. The highest BCUT2D eigenvalue weighted by Crippen LogP contribution is 2.10. The molecule has 0 bridgehead atoms. The summed E-state index contributed by atoms with van der Waals surface area (Å²) in [6, 6.07) is 17.6. The molecule has 0 fully saturated rings. The molecular formula is C13H12O. The van der Waals surface area contributed by atoms with Crippen LogP contribution in [0.2, 0.25) is 0 Å². The third kappa shape index (κ3) is 2.36. The predicted octanol–water partition coefficient (Wildman–Crippen LogP) is 3.27. The van der Waals surface area contributed by atoms with Crippen molar-refractivity contribution in [3.63, 3.8) is 0 Å². The lowest BCUT2D eigenvalue weighted by Gasteiger charge is -2.05. The van der Waals surface area contributed by atoms with Gasteiger partial charge in [-0.1, -0.05) is 48.5 Å². The van der Waals surface area contributed by atoms with Crippen LogP contribution in [0.4, 0.5) is 0 Å². The molecule has 0 radical (unpaired) electrons. The first-order valence-corrected chi connectivity index (χ1v) is 4.58. The summed E-state index contributed by atoms with van der Waals surface area (Å²) in [6.45, 7) is 0.511. The summed E-state index contributed by atoms with van der Waals surface area (Å²) in [4.78, 5) is 0. The minimum absolute atomic E-state index is 0.424. The Kier molecular flexibility index (Phi) is 2.43. The van der Waals surface area contributed by atoms with Gasteiger partial charge in [0, 0.05) is 0 Å². The van der Waals surface area contributed by atoms with E-state index in [0.29, 0.717) is 18.4 Å². The smallest absolute Gasteiger partial charge is 0.119 e. The van der Waals surface area contributed by atoms with Crippen molar-refractivity contribution in [3.05, 3.63) is 66.2 Å². The zero-order valence-corrected chi connectivity index (χ0v) is 7.81. The number of ether oxygens (including phenoxy) is 1. The van der Waals surface area contributed by atoms with E-state index in [1.54, 1.807) is 6.07 Å². The summed E-state index contributed by atoms with van der Waals surface area (Å²) >= 11 is 0. The van der Waals surface area contributed by atoms with Crippen LogP contribution in [-0.4, -0.2) is 0 Å². The van der Waals surface area contributed by atoms with Crippen molar-refractivity contribution in [2.75, 3.05) is 0 Å². The predicted molar refractivity (Wildman–Crippen MR) is 57.2 cm³/mol. The zero-order valence-electron chi connectivity index (χ0n) is 8.81. The van der Waals surface area contributed by atoms with Gasteiger partial charge in [-0.05, 0) is 17.7 Å². The van der Waals surface area contributed by atoms with Gasteiger partial charge in [0.25, 0.3) is 0 Å². The van der Waals surface area contributed by atoms with Crippen LogP contribution in [0.5, 0.6) is 5.75 Å². The third-order valence-corrected chi connectivity index (χ3v) is 1.92. The van der Waals surface area contributed by atoms with Crippen LogP contribution >= 0.6 is 0 Å². The van der Waals surface area contributed by atoms with Crippen molar-refractivity contribution in [3.8, 4) is 5.75 Å². The van der Waals surface area contributed by atoms with Gasteiger partial charge >= 0.3 is 0 Å². The second kappa shape index (κ2) is 4.47. The standard InChI is InChI=1S/C13H12O/c1-3-7-12(8-4-1)11-14-13-9-5-2-6-10-13/h1-10H,11H2/i9D. The maximum Gasteiger partial charge on any atom is 0.119 e. The highest BCUT2D eigenvalue weighted by atomic mass is 16.5. The van der Waals surface area contributed by atoms with Crippen LogP contribution < -0.4 is 4.74 Å². The van der Waals surface area contributed by atoms with E-state index in [2.05, 4.69) is 0 Å². The number of rotatable bonds is 3. The molecule has 1 nitrogen and oxygen atoms in total. The summed E-state index contributed by atoms with van der Waals surface area (Å²) in [5.41, 5.74) is 1.11. The van der Waals surface area contributed by atoms with E-state index < -0.39 is 0 Å². The van der Waals surface area contributed by atoms with Gasteiger partial charge in [-0.25, -0.2) is 0 Å². The Labute approximate surface area is 85.4 Å². The Hall–Kier alpha value is -1.76. The van der Waals surface area contributed by atoms with Gasteiger partial charge in [0.1, 0.15) is 12.4 Å². The Balaban J connectivity index is 2.03. The van der Waals surface area contributed by atoms with Gasteiger partial charge in [-0.3, -0.25) is 0 Å². The van der Waals surface area contributed by atoms with Crippen molar-refractivity contribution in [1.82, 2.24) is 0 Å². The highest BCUT2D eigenvalue weighted by Gasteiger charge is 1.92. The van der Waals surface area contributed by atoms with Gasteiger partial charge in [0.15, 0.2) is 0 Å². The van der Waals surface area contributed by atoms with Crippen LogP contribution in [0, 0.1) is 0 Å². The molecule has 0 aliphatic carbocycles. The van der Waals surface area contributed by atoms with Gasteiger partial charge in [-0.15, -0.1) is 0 Å². The molecule has 0 saturated carbocycles. The first-order valence-electron chi connectivity index (χ1n) is 5.08. The van der Waals surface area contributed by atoms with E-state index in [1.165, 1.54) is 0 Å². The van der Waals surface area contributed by atoms with E-state index in [1.807, 2.05) is 48.5 Å². The molecule has 0 atom stereocenters. The monoisotopic (exact) mass is 185 g/mol. The molecule has 0 unspecified atom stereocenters. The molecule has 0 amide bonds. The van der Waals surface area contributed by atoms with Crippen molar-refractivity contribution < 1.29 is 6.11 Å². The third-order valence-electron chi connectivity index (χ3n) is 1.92. The first-order chi connectivity index (χ1) is 7.36. The summed E-state index contributed by atoms with van der Waals surface area (Å²) < 4.78 is 13.1. The molecule has 14 heavy (non-hydrogen) atoms. The maximum absolute atomic E-state index is 7.61.